The lowest BCUT2D eigenvalue weighted by molar-refractivity contribution is -0.132. The van der Waals surface area contributed by atoms with Crippen molar-refractivity contribution in [1.29, 1.82) is 0 Å². The molecule has 0 aliphatic heterocycles. The Morgan fingerprint density at radius 3 is 2.57 bits per heavy atom. The fourth-order valence-corrected chi connectivity index (χ4v) is 0.925. The number of ether oxygens (including phenoxy) is 1. The maximum atomic E-state index is 13.0. The van der Waals surface area contributed by atoms with Crippen molar-refractivity contribution >= 4 is 11.9 Å². The molecular formula is C9H7FO4. The van der Waals surface area contributed by atoms with Gasteiger partial charge in [0.15, 0.2) is 11.6 Å². The first-order chi connectivity index (χ1) is 6.52. The molecule has 0 spiro atoms. The van der Waals surface area contributed by atoms with Crippen molar-refractivity contribution in [3.05, 3.63) is 29.6 Å². The number of carbonyl (C=O) groups is 2. The van der Waals surface area contributed by atoms with Gasteiger partial charge in [-0.05, 0) is 12.1 Å². The molecule has 1 N–H and O–H groups in total. The number of rotatable bonds is 2. The molecule has 0 unspecified atom stereocenters. The number of carbonyl (C=O) groups excluding carboxylic acids is 1. The summed E-state index contributed by atoms with van der Waals surface area (Å²) in [5.74, 6) is -3.54. The smallest absolute Gasteiger partial charge is 0.339 e. The van der Waals surface area contributed by atoms with Gasteiger partial charge in [-0.1, -0.05) is 6.07 Å². The molecule has 0 saturated carbocycles. The Morgan fingerprint density at radius 1 is 1.43 bits per heavy atom. The summed E-state index contributed by atoms with van der Waals surface area (Å²) in [6.45, 7) is 1.07. The molecule has 0 saturated heterocycles. The number of halogens is 1. The van der Waals surface area contributed by atoms with Gasteiger partial charge in [0.1, 0.15) is 5.56 Å². The molecule has 1 rings (SSSR count). The van der Waals surface area contributed by atoms with Crippen molar-refractivity contribution in [3.63, 3.8) is 0 Å². The number of carboxylic acid groups (broad SMARTS) is 1. The third-order valence-electron chi connectivity index (χ3n) is 1.44. The summed E-state index contributed by atoms with van der Waals surface area (Å²) in [5, 5.41) is 8.65. The van der Waals surface area contributed by atoms with E-state index in [-0.39, 0.29) is 5.56 Å². The highest BCUT2D eigenvalue weighted by Crippen LogP contribution is 2.22. The largest absolute Gasteiger partial charge is 0.478 e. The third-order valence-corrected chi connectivity index (χ3v) is 1.44. The van der Waals surface area contributed by atoms with Gasteiger partial charge in [0.05, 0.1) is 0 Å². The quantitative estimate of drug-likeness (QED) is 0.577. The van der Waals surface area contributed by atoms with Crippen LogP contribution in [0.25, 0.3) is 0 Å². The van der Waals surface area contributed by atoms with E-state index in [1.807, 2.05) is 0 Å². The van der Waals surface area contributed by atoms with Crippen LogP contribution < -0.4 is 4.74 Å². The van der Waals surface area contributed by atoms with Crippen molar-refractivity contribution in [2.24, 2.45) is 0 Å². The molecule has 0 fully saturated rings. The second kappa shape index (κ2) is 3.87. The molecule has 14 heavy (non-hydrogen) atoms. The zero-order valence-corrected chi connectivity index (χ0v) is 7.28. The summed E-state index contributed by atoms with van der Waals surface area (Å²) in [6, 6.07) is 3.40. The Hall–Kier alpha value is -1.91. The summed E-state index contributed by atoms with van der Waals surface area (Å²) < 4.78 is 17.5. The van der Waals surface area contributed by atoms with Gasteiger partial charge >= 0.3 is 11.9 Å². The van der Waals surface area contributed by atoms with Crippen LogP contribution >= 0.6 is 0 Å². The maximum absolute atomic E-state index is 13.0. The van der Waals surface area contributed by atoms with Crippen LogP contribution in [0, 0.1) is 5.82 Å². The van der Waals surface area contributed by atoms with Gasteiger partial charge in [-0.25, -0.2) is 9.18 Å². The van der Waals surface area contributed by atoms with Crippen molar-refractivity contribution in [2.45, 2.75) is 6.92 Å². The van der Waals surface area contributed by atoms with Crippen LogP contribution in [0.4, 0.5) is 4.39 Å². The van der Waals surface area contributed by atoms with E-state index in [0.29, 0.717) is 0 Å². The van der Waals surface area contributed by atoms with Gasteiger partial charge in [0.25, 0.3) is 0 Å². The molecule has 0 aromatic heterocycles. The monoisotopic (exact) mass is 198 g/mol. The lowest BCUT2D eigenvalue weighted by Gasteiger charge is -2.05. The second-order valence-corrected chi connectivity index (χ2v) is 2.52. The standard InChI is InChI=1S/C9H7FO4/c1-5(11)14-8-6(9(12)13)3-2-4-7(8)10/h2-4H,1H3,(H,12,13). The van der Waals surface area contributed by atoms with Crippen molar-refractivity contribution in [3.8, 4) is 5.75 Å². The van der Waals surface area contributed by atoms with Crippen molar-refractivity contribution < 1.29 is 23.8 Å². The summed E-state index contributed by atoms with van der Waals surface area (Å²) in [7, 11) is 0. The number of esters is 1. The molecule has 0 bridgehead atoms. The maximum Gasteiger partial charge on any atom is 0.339 e. The minimum atomic E-state index is -1.35. The van der Waals surface area contributed by atoms with E-state index in [4.69, 9.17) is 5.11 Å². The number of aromatic carboxylic acids is 1. The minimum absolute atomic E-state index is 0.375. The van der Waals surface area contributed by atoms with E-state index < -0.39 is 23.5 Å². The minimum Gasteiger partial charge on any atom is -0.478 e. The summed E-state index contributed by atoms with van der Waals surface area (Å²) in [4.78, 5) is 21.2. The van der Waals surface area contributed by atoms with Crippen LogP contribution in [0.15, 0.2) is 18.2 Å². The van der Waals surface area contributed by atoms with Gasteiger partial charge in [-0.3, -0.25) is 4.79 Å². The summed E-state index contributed by atoms with van der Waals surface area (Å²) in [6.07, 6.45) is 0. The van der Waals surface area contributed by atoms with Gasteiger partial charge in [-0.2, -0.15) is 0 Å². The van der Waals surface area contributed by atoms with Crippen LogP contribution in [-0.2, 0) is 4.79 Å². The molecule has 1 aromatic rings. The predicted octanol–water partition coefficient (Wildman–Crippen LogP) is 1.45. The fourth-order valence-electron chi connectivity index (χ4n) is 0.925. The molecule has 0 atom stereocenters. The molecule has 0 aliphatic carbocycles. The summed E-state index contributed by atoms with van der Waals surface area (Å²) in [5.41, 5.74) is -0.375. The number of benzene rings is 1. The predicted molar refractivity (Wildman–Crippen MR) is 44.7 cm³/mol. The van der Waals surface area contributed by atoms with Crippen LogP contribution in [0.1, 0.15) is 17.3 Å². The average Bonchev–Trinajstić information content (AvgIpc) is 2.07. The molecular weight excluding hydrogens is 191 g/mol. The lowest BCUT2D eigenvalue weighted by Crippen LogP contribution is -2.08. The highest BCUT2D eigenvalue weighted by Gasteiger charge is 2.16. The van der Waals surface area contributed by atoms with Gasteiger partial charge < -0.3 is 9.84 Å². The molecule has 0 amide bonds. The topological polar surface area (TPSA) is 63.6 Å². The normalized spacial score (nSPS) is 9.57. The Bertz CT molecular complexity index is 386. The Labute approximate surface area is 78.9 Å². The van der Waals surface area contributed by atoms with E-state index in [9.17, 15) is 14.0 Å². The zero-order valence-electron chi connectivity index (χ0n) is 7.28. The van der Waals surface area contributed by atoms with E-state index in [1.54, 1.807) is 0 Å². The average molecular weight is 198 g/mol. The number of hydrogen-bond acceptors (Lipinski definition) is 3. The Balaban J connectivity index is 3.22. The summed E-state index contributed by atoms with van der Waals surface area (Å²) >= 11 is 0. The van der Waals surface area contributed by atoms with Crippen molar-refractivity contribution in [2.75, 3.05) is 0 Å². The fraction of sp³-hybridized carbons (Fsp3) is 0.111. The first-order valence-electron chi connectivity index (χ1n) is 3.72. The van der Waals surface area contributed by atoms with Gasteiger partial charge in [0, 0.05) is 6.92 Å². The molecule has 1 aromatic carbocycles. The first kappa shape index (κ1) is 10.2. The van der Waals surface area contributed by atoms with Crippen LogP contribution in [0.2, 0.25) is 0 Å². The second-order valence-electron chi connectivity index (χ2n) is 2.52. The number of para-hydroxylation sites is 1. The molecule has 4 nitrogen and oxygen atoms in total. The van der Waals surface area contributed by atoms with E-state index in [1.165, 1.54) is 6.07 Å². The lowest BCUT2D eigenvalue weighted by atomic mass is 10.2. The van der Waals surface area contributed by atoms with E-state index in [0.717, 1.165) is 19.1 Å². The van der Waals surface area contributed by atoms with Crippen molar-refractivity contribution in [1.82, 2.24) is 0 Å². The zero-order chi connectivity index (χ0) is 10.7. The molecule has 0 aliphatic rings. The van der Waals surface area contributed by atoms with Crippen LogP contribution in [0.3, 0.4) is 0 Å². The van der Waals surface area contributed by atoms with E-state index in [2.05, 4.69) is 4.74 Å². The molecule has 5 heteroatoms. The van der Waals surface area contributed by atoms with Gasteiger partial charge in [-0.15, -0.1) is 0 Å². The van der Waals surface area contributed by atoms with Crippen LogP contribution in [-0.4, -0.2) is 17.0 Å². The number of hydrogen-bond donors (Lipinski definition) is 1. The number of carboxylic acids is 1. The van der Waals surface area contributed by atoms with E-state index >= 15 is 0 Å². The highest BCUT2D eigenvalue weighted by molar-refractivity contribution is 5.91. The van der Waals surface area contributed by atoms with Gasteiger partial charge in [0.2, 0.25) is 0 Å². The van der Waals surface area contributed by atoms with Crippen LogP contribution in [0.5, 0.6) is 5.75 Å². The SMILES string of the molecule is CC(=O)Oc1c(F)cccc1C(=O)O. The Kier molecular flexibility index (Phi) is 2.81. The first-order valence-corrected chi connectivity index (χ1v) is 3.72. The molecule has 0 radical (unpaired) electrons. The molecule has 74 valence electrons. The third kappa shape index (κ3) is 2.07. The molecule has 0 heterocycles. The Morgan fingerprint density at radius 2 is 2.07 bits per heavy atom. The highest BCUT2D eigenvalue weighted by atomic mass is 19.1.